The third kappa shape index (κ3) is 4.34. The molecule has 0 aliphatic rings. The van der Waals surface area contributed by atoms with Crippen LogP contribution in [0, 0.1) is 0 Å². The van der Waals surface area contributed by atoms with Gasteiger partial charge in [0.25, 0.3) is 0 Å². The molecule has 0 aliphatic carbocycles. The van der Waals surface area contributed by atoms with Gasteiger partial charge in [-0.1, -0.05) is 41.4 Å². The fourth-order valence-corrected chi connectivity index (χ4v) is 2.10. The van der Waals surface area contributed by atoms with Crippen molar-refractivity contribution in [1.29, 1.82) is 0 Å². The smallest absolute Gasteiger partial charge is 0.138 e. The van der Waals surface area contributed by atoms with E-state index in [1.54, 1.807) is 18.2 Å². The van der Waals surface area contributed by atoms with Crippen LogP contribution < -0.4 is 10.1 Å². The predicted molar refractivity (Wildman–Crippen MR) is 81.5 cm³/mol. The minimum absolute atomic E-state index is 0.00104. The molecule has 0 heterocycles. The zero-order valence-corrected chi connectivity index (χ0v) is 12.1. The van der Waals surface area contributed by atoms with Crippen LogP contribution in [0.4, 0.5) is 5.69 Å². The Bertz CT molecular complexity index is 531. The number of hydrogen-bond donors (Lipinski definition) is 1. The van der Waals surface area contributed by atoms with E-state index in [9.17, 15) is 0 Å². The second-order valence-corrected chi connectivity index (χ2v) is 5.09. The van der Waals surface area contributed by atoms with Crippen molar-refractivity contribution in [2.75, 3.05) is 11.9 Å². The van der Waals surface area contributed by atoms with Crippen molar-refractivity contribution in [1.82, 2.24) is 0 Å². The Morgan fingerprint density at radius 3 is 2.53 bits per heavy atom. The molecule has 0 saturated heterocycles. The zero-order valence-electron chi connectivity index (χ0n) is 10.6. The van der Waals surface area contributed by atoms with Gasteiger partial charge in [0.05, 0.1) is 11.6 Å². The third-order valence-electron chi connectivity index (χ3n) is 2.59. The summed E-state index contributed by atoms with van der Waals surface area (Å²) in [6, 6.07) is 15.2. The average molecular weight is 296 g/mol. The normalized spacial score (nSPS) is 11.9. The first-order chi connectivity index (χ1) is 9.15. The molecule has 0 aromatic heterocycles. The Morgan fingerprint density at radius 1 is 1.11 bits per heavy atom. The summed E-state index contributed by atoms with van der Waals surface area (Å²) in [5, 5.41) is 4.43. The first-order valence-corrected chi connectivity index (χ1v) is 6.81. The third-order valence-corrected chi connectivity index (χ3v) is 3.12. The summed E-state index contributed by atoms with van der Waals surface area (Å²) in [4.78, 5) is 0. The second kappa shape index (κ2) is 6.69. The van der Waals surface area contributed by atoms with Gasteiger partial charge in [-0.05, 0) is 37.3 Å². The minimum Gasteiger partial charge on any atom is -0.487 e. The average Bonchev–Trinajstić information content (AvgIpc) is 2.41. The van der Waals surface area contributed by atoms with Gasteiger partial charge in [-0.2, -0.15) is 0 Å². The van der Waals surface area contributed by atoms with Crippen LogP contribution in [0.5, 0.6) is 5.75 Å². The van der Waals surface area contributed by atoms with Crippen LogP contribution in [0.15, 0.2) is 48.5 Å². The first-order valence-electron chi connectivity index (χ1n) is 6.06. The maximum atomic E-state index is 6.06. The largest absolute Gasteiger partial charge is 0.487 e. The van der Waals surface area contributed by atoms with Gasteiger partial charge in [-0.3, -0.25) is 0 Å². The summed E-state index contributed by atoms with van der Waals surface area (Å²) in [5.74, 6) is 0.647. The van der Waals surface area contributed by atoms with E-state index in [4.69, 9.17) is 27.9 Å². The molecule has 2 aromatic rings. The van der Waals surface area contributed by atoms with Crippen LogP contribution in [0.2, 0.25) is 10.0 Å². The number of nitrogens with one attached hydrogen (secondary N) is 1. The lowest BCUT2D eigenvalue weighted by Gasteiger charge is -2.17. The molecule has 100 valence electrons. The molecule has 19 heavy (non-hydrogen) atoms. The van der Waals surface area contributed by atoms with E-state index in [0.717, 1.165) is 5.69 Å². The first kappa shape index (κ1) is 14.0. The molecule has 0 aliphatic heterocycles. The number of rotatable bonds is 5. The van der Waals surface area contributed by atoms with Crippen molar-refractivity contribution in [3.63, 3.8) is 0 Å². The van der Waals surface area contributed by atoms with Gasteiger partial charge in [0.1, 0.15) is 11.9 Å². The van der Waals surface area contributed by atoms with Gasteiger partial charge < -0.3 is 10.1 Å². The highest BCUT2D eigenvalue weighted by molar-refractivity contribution is 6.35. The molecule has 0 spiro atoms. The molecule has 2 aromatic carbocycles. The maximum Gasteiger partial charge on any atom is 0.138 e. The predicted octanol–water partition coefficient (Wildman–Crippen LogP) is 4.87. The molecule has 2 rings (SSSR count). The van der Waals surface area contributed by atoms with Crippen LogP contribution in [0.1, 0.15) is 6.92 Å². The fraction of sp³-hybridized carbons (Fsp3) is 0.200. The van der Waals surface area contributed by atoms with Crippen molar-refractivity contribution >= 4 is 28.9 Å². The van der Waals surface area contributed by atoms with Crippen LogP contribution in [-0.4, -0.2) is 12.6 Å². The lowest BCUT2D eigenvalue weighted by molar-refractivity contribution is 0.235. The number of ether oxygens (including phenoxy) is 1. The van der Waals surface area contributed by atoms with E-state index >= 15 is 0 Å². The Balaban J connectivity index is 1.89. The van der Waals surface area contributed by atoms with Crippen molar-refractivity contribution in [2.24, 2.45) is 0 Å². The van der Waals surface area contributed by atoms with E-state index in [1.807, 2.05) is 37.3 Å². The van der Waals surface area contributed by atoms with Crippen LogP contribution in [0.25, 0.3) is 0 Å². The molecule has 4 heteroatoms. The number of halogens is 2. The van der Waals surface area contributed by atoms with Gasteiger partial charge in [0, 0.05) is 10.7 Å². The van der Waals surface area contributed by atoms with Gasteiger partial charge in [-0.25, -0.2) is 0 Å². The van der Waals surface area contributed by atoms with Crippen molar-refractivity contribution < 1.29 is 4.74 Å². The lowest BCUT2D eigenvalue weighted by atomic mass is 10.3. The van der Waals surface area contributed by atoms with E-state index in [0.29, 0.717) is 22.3 Å². The Hall–Kier alpha value is -1.38. The molecular formula is C15H15Cl2NO. The number of para-hydroxylation sites is 1. The van der Waals surface area contributed by atoms with Crippen LogP contribution >= 0.6 is 23.2 Å². The van der Waals surface area contributed by atoms with Crippen LogP contribution in [-0.2, 0) is 0 Å². The number of anilines is 1. The minimum atomic E-state index is -0.00104. The molecular weight excluding hydrogens is 281 g/mol. The Labute approximate surface area is 123 Å². The summed E-state index contributed by atoms with van der Waals surface area (Å²) in [7, 11) is 0. The van der Waals surface area contributed by atoms with E-state index < -0.39 is 0 Å². The van der Waals surface area contributed by atoms with E-state index in [1.165, 1.54) is 0 Å². The maximum absolute atomic E-state index is 6.06. The van der Waals surface area contributed by atoms with Gasteiger partial charge in [0.2, 0.25) is 0 Å². The quantitative estimate of drug-likeness (QED) is 0.849. The highest BCUT2D eigenvalue weighted by atomic mass is 35.5. The molecule has 0 saturated carbocycles. The molecule has 0 amide bonds. The molecule has 0 radical (unpaired) electrons. The van der Waals surface area contributed by atoms with Crippen molar-refractivity contribution in [3.05, 3.63) is 58.6 Å². The van der Waals surface area contributed by atoms with E-state index in [-0.39, 0.29) is 6.10 Å². The molecule has 1 unspecified atom stereocenters. The number of hydrogen-bond acceptors (Lipinski definition) is 2. The van der Waals surface area contributed by atoms with E-state index in [2.05, 4.69) is 5.32 Å². The number of benzene rings is 2. The SMILES string of the molecule is CC(CNc1ccccc1)Oc1ccc(Cl)cc1Cl. The van der Waals surface area contributed by atoms with Crippen molar-refractivity contribution in [3.8, 4) is 5.75 Å². The standard InChI is InChI=1S/C15H15Cl2NO/c1-11(10-18-13-5-3-2-4-6-13)19-15-8-7-12(16)9-14(15)17/h2-9,11,18H,10H2,1H3. The van der Waals surface area contributed by atoms with Gasteiger partial charge in [-0.15, -0.1) is 0 Å². The molecule has 1 N–H and O–H groups in total. The summed E-state index contributed by atoms with van der Waals surface area (Å²) >= 11 is 11.9. The highest BCUT2D eigenvalue weighted by Crippen LogP contribution is 2.28. The summed E-state index contributed by atoms with van der Waals surface area (Å²) in [6.07, 6.45) is -0.00104. The van der Waals surface area contributed by atoms with Gasteiger partial charge in [0.15, 0.2) is 0 Å². The molecule has 0 fully saturated rings. The topological polar surface area (TPSA) is 21.3 Å². The molecule has 0 bridgehead atoms. The second-order valence-electron chi connectivity index (χ2n) is 4.25. The van der Waals surface area contributed by atoms with Crippen molar-refractivity contribution in [2.45, 2.75) is 13.0 Å². The Kier molecular flexibility index (Phi) is 4.94. The highest BCUT2D eigenvalue weighted by Gasteiger charge is 2.07. The lowest BCUT2D eigenvalue weighted by Crippen LogP contribution is -2.22. The zero-order chi connectivity index (χ0) is 13.7. The fourth-order valence-electron chi connectivity index (χ4n) is 1.65. The summed E-state index contributed by atoms with van der Waals surface area (Å²) in [5.41, 5.74) is 1.07. The monoisotopic (exact) mass is 295 g/mol. The summed E-state index contributed by atoms with van der Waals surface area (Å²) < 4.78 is 5.77. The summed E-state index contributed by atoms with van der Waals surface area (Å²) in [6.45, 7) is 2.68. The van der Waals surface area contributed by atoms with Crippen LogP contribution in [0.3, 0.4) is 0 Å². The Morgan fingerprint density at radius 2 is 1.84 bits per heavy atom. The molecule has 1 atom stereocenters. The molecule has 2 nitrogen and oxygen atoms in total. The van der Waals surface area contributed by atoms with Gasteiger partial charge >= 0.3 is 0 Å².